The van der Waals surface area contributed by atoms with Crippen LogP contribution in [-0.2, 0) is 6.54 Å². The summed E-state index contributed by atoms with van der Waals surface area (Å²) in [4.78, 5) is 2.32. The first-order valence-corrected chi connectivity index (χ1v) is 7.47. The van der Waals surface area contributed by atoms with Gasteiger partial charge in [0.2, 0.25) is 0 Å². The minimum absolute atomic E-state index is 0.309. The monoisotopic (exact) mass is 282 g/mol. The number of aliphatic hydroxyl groups is 1. The minimum atomic E-state index is 0.309. The largest absolute Gasteiger partial charge is 0.396 e. The molecule has 0 bridgehead atoms. The molecule has 106 valence electrons. The van der Waals surface area contributed by atoms with Crippen LogP contribution in [0.4, 0.5) is 5.69 Å². The lowest BCUT2D eigenvalue weighted by atomic mass is 9.97. The van der Waals surface area contributed by atoms with Crippen LogP contribution in [0.15, 0.2) is 18.2 Å². The Labute approximate surface area is 120 Å². The highest BCUT2D eigenvalue weighted by molar-refractivity contribution is 6.33. The van der Waals surface area contributed by atoms with Crippen molar-refractivity contribution in [2.45, 2.75) is 26.3 Å². The highest BCUT2D eigenvalue weighted by Crippen LogP contribution is 2.30. The molecule has 4 heteroatoms. The van der Waals surface area contributed by atoms with Crippen molar-refractivity contribution in [2.24, 2.45) is 5.92 Å². The van der Waals surface area contributed by atoms with Crippen molar-refractivity contribution in [3.8, 4) is 0 Å². The van der Waals surface area contributed by atoms with Crippen molar-refractivity contribution in [2.75, 3.05) is 31.1 Å². The fraction of sp³-hybridized carbons (Fsp3) is 0.600. The first-order chi connectivity index (χ1) is 9.24. The normalized spacial score (nSPS) is 16.9. The molecule has 1 aromatic carbocycles. The van der Waals surface area contributed by atoms with Crippen LogP contribution in [0, 0.1) is 5.92 Å². The molecule has 1 aliphatic heterocycles. The number of nitrogens with one attached hydrogen (secondary N) is 1. The molecule has 2 rings (SSSR count). The summed E-state index contributed by atoms with van der Waals surface area (Å²) in [6.07, 6.45) is 2.10. The van der Waals surface area contributed by atoms with Crippen molar-refractivity contribution in [1.82, 2.24) is 5.32 Å². The quantitative estimate of drug-likeness (QED) is 0.872. The molecule has 0 atom stereocenters. The van der Waals surface area contributed by atoms with Gasteiger partial charge in [0.25, 0.3) is 0 Å². The number of nitrogens with zero attached hydrogens (tertiary/aromatic N) is 1. The summed E-state index contributed by atoms with van der Waals surface area (Å²) in [6, 6.07) is 6.31. The maximum atomic E-state index is 9.17. The van der Waals surface area contributed by atoms with E-state index in [0.29, 0.717) is 12.5 Å². The lowest BCUT2D eigenvalue weighted by Crippen LogP contribution is -2.34. The van der Waals surface area contributed by atoms with E-state index in [4.69, 9.17) is 16.7 Å². The number of piperidine rings is 1. The molecule has 19 heavy (non-hydrogen) atoms. The van der Waals surface area contributed by atoms with Gasteiger partial charge in [-0.1, -0.05) is 24.6 Å². The van der Waals surface area contributed by atoms with E-state index >= 15 is 0 Å². The third-order valence-corrected chi connectivity index (χ3v) is 4.11. The fourth-order valence-corrected chi connectivity index (χ4v) is 2.87. The minimum Gasteiger partial charge on any atom is -0.396 e. The molecular weight excluding hydrogens is 260 g/mol. The van der Waals surface area contributed by atoms with Crippen LogP contribution in [0.1, 0.15) is 25.3 Å². The van der Waals surface area contributed by atoms with E-state index in [0.717, 1.165) is 49.7 Å². The summed E-state index contributed by atoms with van der Waals surface area (Å²) >= 11 is 6.39. The van der Waals surface area contributed by atoms with Gasteiger partial charge < -0.3 is 15.3 Å². The topological polar surface area (TPSA) is 35.5 Å². The average molecular weight is 283 g/mol. The summed E-state index contributed by atoms with van der Waals surface area (Å²) in [6.45, 7) is 6.20. The molecule has 1 heterocycles. The van der Waals surface area contributed by atoms with E-state index in [1.165, 1.54) is 5.56 Å². The Morgan fingerprint density at radius 1 is 1.37 bits per heavy atom. The Morgan fingerprint density at radius 2 is 2.11 bits per heavy atom. The smallest absolute Gasteiger partial charge is 0.0642 e. The summed E-state index contributed by atoms with van der Waals surface area (Å²) in [7, 11) is 0. The van der Waals surface area contributed by atoms with Gasteiger partial charge in [0.05, 0.1) is 10.7 Å². The highest BCUT2D eigenvalue weighted by Gasteiger charge is 2.20. The van der Waals surface area contributed by atoms with Crippen LogP contribution >= 0.6 is 11.6 Å². The van der Waals surface area contributed by atoms with Crippen molar-refractivity contribution in [3.05, 3.63) is 28.8 Å². The predicted molar refractivity (Wildman–Crippen MR) is 80.9 cm³/mol. The van der Waals surface area contributed by atoms with E-state index in [9.17, 15) is 0 Å². The van der Waals surface area contributed by atoms with E-state index in [2.05, 4.69) is 35.3 Å². The van der Waals surface area contributed by atoms with Gasteiger partial charge in [0.15, 0.2) is 0 Å². The molecular formula is C15H23ClN2O. The molecule has 2 N–H and O–H groups in total. The van der Waals surface area contributed by atoms with Crippen molar-refractivity contribution in [1.29, 1.82) is 0 Å². The summed E-state index contributed by atoms with van der Waals surface area (Å²) in [5.74, 6) is 0.461. The lowest BCUT2D eigenvalue weighted by Gasteiger charge is -2.33. The molecule has 1 saturated heterocycles. The van der Waals surface area contributed by atoms with Gasteiger partial charge in [-0.15, -0.1) is 0 Å². The SMILES string of the molecule is CCNCc1ccc(N2CCC(CO)CC2)c(Cl)c1. The Bertz CT molecular complexity index is 403. The van der Waals surface area contributed by atoms with E-state index in [1.807, 2.05) is 0 Å². The van der Waals surface area contributed by atoms with E-state index in [1.54, 1.807) is 0 Å². The van der Waals surface area contributed by atoms with Crippen LogP contribution in [0.5, 0.6) is 0 Å². The molecule has 1 aromatic rings. The van der Waals surface area contributed by atoms with Gasteiger partial charge in [0.1, 0.15) is 0 Å². The zero-order valence-electron chi connectivity index (χ0n) is 11.5. The molecule has 0 aromatic heterocycles. The number of hydrogen-bond donors (Lipinski definition) is 2. The number of anilines is 1. The van der Waals surface area contributed by atoms with Crippen LogP contribution in [0.2, 0.25) is 5.02 Å². The third kappa shape index (κ3) is 3.85. The number of halogens is 1. The molecule has 0 amide bonds. The summed E-state index contributed by atoms with van der Waals surface area (Å²) in [5, 5.41) is 13.3. The zero-order valence-corrected chi connectivity index (χ0v) is 12.3. The van der Waals surface area contributed by atoms with Gasteiger partial charge in [-0.2, -0.15) is 0 Å². The average Bonchev–Trinajstić information content (AvgIpc) is 2.45. The second kappa shape index (κ2) is 7.13. The number of hydrogen-bond acceptors (Lipinski definition) is 3. The van der Waals surface area contributed by atoms with Gasteiger partial charge in [-0.25, -0.2) is 0 Å². The van der Waals surface area contributed by atoms with Gasteiger partial charge >= 0.3 is 0 Å². The molecule has 1 aliphatic rings. The Morgan fingerprint density at radius 3 is 2.68 bits per heavy atom. The molecule has 0 unspecified atom stereocenters. The first-order valence-electron chi connectivity index (χ1n) is 7.09. The van der Waals surface area contributed by atoms with Crippen LogP contribution in [-0.4, -0.2) is 31.3 Å². The molecule has 0 aliphatic carbocycles. The zero-order chi connectivity index (χ0) is 13.7. The third-order valence-electron chi connectivity index (χ3n) is 3.80. The van der Waals surface area contributed by atoms with Crippen molar-refractivity contribution < 1.29 is 5.11 Å². The van der Waals surface area contributed by atoms with Crippen molar-refractivity contribution in [3.63, 3.8) is 0 Å². The molecule has 1 fully saturated rings. The molecule has 0 saturated carbocycles. The molecule has 0 spiro atoms. The summed E-state index contributed by atoms with van der Waals surface area (Å²) in [5.41, 5.74) is 2.35. The van der Waals surface area contributed by atoms with Gasteiger partial charge in [-0.05, 0) is 43.0 Å². The standard InChI is InChI=1S/C15H23ClN2O/c1-2-17-10-13-3-4-15(14(16)9-13)18-7-5-12(11-19)6-8-18/h3-4,9,12,17,19H,2,5-8,10-11H2,1H3. The summed E-state index contributed by atoms with van der Waals surface area (Å²) < 4.78 is 0. The first kappa shape index (κ1) is 14.6. The number of rotatable bonds is 5. The number of benzene rings is 1. The molecule has 0 radical (unpaired) electrons. The van der Waals surface area contributed by atoms with E-state index in [-0.39, 0.29) is 0 Å². The van der Waals surface area contributed by atoms with Crippen LogP contribution in [0.25, 0.3) is 0 Å². The van der Waals surface area contributed by atoms with Crippen molar-refractivity contribution >= 4 is 17.3 Å². The van der Waals surface area contributed by atoms with E-state index < -0.39 is 0 Å². The molecule has 3 nitrogen and oxygen atoms in total. The van der Waals surface area contributed by atoms with Gasteiger partial charge in [0, 0.05) is 26.2 Å². The maximum Gasteiger partial charge on any atom is 0.0642 e. The van der Waals surface area contributed by atoms with Gasteiger partial charge in [-0.3, -0.25) is 0 Å². The van der Waals surface area contributed by atoms with Crippen LogP contribution in [0.3, 0.4) is 0 Å². The Hall–Kier alpha value is -0.770. The second-order valence-corrected chi connectivity index (χ2v) is 5.59. The second-order valence-electron chi connectivity index (χ2n) is 5.18. The lowest BCUT2D eigenvalue weighted by molar-refractivity contribution is 0.203. The number of aliphatic hydroxyl groups excluding tert-OH is 1. The maximum absolute atomic E-state index is 9.17. The van der Waals surface area contributed by atoms with Crippen LogP contribution < -0.4 is 10.2 Å². The fourth-order valence-electron chi connectivity index (χ4n) is 2.54. The predicted octanol–water partition coefficient (Wildman–Crippen LogP) is 2.66. The Balaban J connectivity index is 2.01. The Kier molecular flexibility index (Phi) is 5.49. The highest BCUT2D eigenvalue weighted by atomic mass is 35.5.